The lowest BCUT2D eigenvalue weighted by Gasteiger charge is -2.45. The van der Waals surface area contributed by atoms with Crippen molar-refractivity contribution < 1.29 is 24.2 Å². The van der Waals surface area contributed by atoms with Crippen LogP contribution in [-0.2, 0) is 14.3 Å². The molecule has 2 unspecified atom stereocenters. The number of carboxylic acids is 1. The molecule has 0 radical (unpaired) electrons. The van der Waals surface area contributed by atoms with E-state index in [1.54, 1.807) is 20.8 Å². The van der Waals surface area contributed by atoms with Gasteiger partial charge in [0.15, 0.2) is 0 Å². The Hall–Kier alpha value is -1.30. The van der Waals surface area contributed by atoms with Crippen molar-refractivity contribution in [1.29, 1.82) is 0 Å². The first kappa shape index (κ1) is 16.1. The maximum absolute atomic E-state index is 12.6. The lowest BCUT2D eigenvalue weighted by Crippen LogP contribution is -2.62. The molecule has 6 nitrogen and oxygen atoms in total. The van der Waals surface area contributed by atoms with Crippen LogP contribution in [-0.4, -0.2) is 52.0 Å². The summed E-state index contributed by atoms with van der Waals surface area (Å²) in [5.41, 5.74) is -1.85. The van der Waals surface area contributed by atoms with Gasteiger partial charge >= 0.3 is 12.1 Å². The third-order valence-corrected chi connectivity index (χ3v) is 3.90. The third-order valence-electron chi connectivity index (χ3n) is 3.90. The lowest BCUT2D eigenvalue weighted by molar-refractivity contribution is -0.162. The van der Waals surface area contributed by atoms with Gasteiger partial charge < -0.3 is 14.6 Å². The quantitative estimate of drug-likeness (QED) is 0.866. The summed E-state index contributed by atoms with van der Waals surface area (Å²) in [6.07, 6.45) is 1.58. The van der Waals surface area contributed by atoms with Gasteiger partial charge in [-0.3, -0.25) is 4.90 Å². The number of aliphatic carboxylic acids is 1. The zero-order valence-corrected chi connectivity index (χ0v) is 13.2. The van der Waals surface area contributed by atoms with Gasteiger partial charge in [0, 0.05) is 25.5 Å². The number of ether oxygens (including phenoxy) is 2. The van der Waals surface area contributed by atoms with Crippen LogP contribution in [0.2, 0.25) is 0 Å². The van der Waals surface area contributed by atoms with Gasteiger partial charge in [-0.15, -0.1) is 0 Å². The van der Waals surface area contributed by atoms with E-state index in [0.29, 0.717) is 19.4 Å². The maximum atomic E-state index is 12.6. The summed E-state index contributed by atoms with van der Waals surface area (Å²) < 4.78 is 10.9. The highest BCUT2D eigenvalue weighted by molar-refractivity contribution is 5.85. The van der Waals surface area contributed by atoms with Crippen LogP contribution in [0.5, 0.6) is 0 Å². The predicted molar refractivity (Wildman–Crippen MR) is 76.1 cm³/mol. The zero-order valence-electron chi connectivity index (χ0n) is 13.2. The summed E-state index contributed by atoms with van der Waals surface area (Å²) in [6.45, 7) is 7.55. The largest absolute Gasteiger partial charge is 0.479 e. The van der Waals surface area contributed by atoms with Crippen molar-refractivity contribution in [2.24, 2.45) is 0 Å². The summed E-state index contributed by atoms with van der Waals surface area (Å²) in [7, 11) is 0. The number of amides is 1. The molecule has 2 rings (SSSR count). The highest BCUT2D eigenvalue weighted by Gasteiger charge is 2.55. The Balaban J connectivity index is 2.29. The van der Waals surface area contributed by atoms with Gasteiger partial charge in [-0.1, -0.05) is 0 Å². The fourth-order valence-corrected chi connectivity index (χ4v) is 2.90. The molecule has 1 saturated carbocycles. The number of carboxylic acid groups (broad SMARTS) is 1. The van der Waals surface area contributed by atoms with Crippen molar-refractivity contribution in [2.75, 3.05) is 6.61 Å². The van der Waals surface area contributed by atoms with Gasteiger partial charge in [0.2, 0.25) is 0 Å². The Labute approximate surface area is 125 Å². The Morgan fingerprint density at radius 2 is 1.95 bits per heavy atom. The van der Waals surface area contributed by atoms with E-state index in [9.17, 15) is 14.7 Å². The van der Waals surface area contributed by atoms with Gasteiger partial charge in [-0.05, 0) is 40.5 Å². The Bertz CT molecular complexity index is 426. The summed E-state index contributed by atoms with van der Waals surface area (Å²) in [6, 6.07) is -0.0266. The molecule has 2 aliphatic rings. The molecule has 21 heavy (non-hydrogen) atoms. The molecule has 120 valence electrons. The second kappa shape index (κ2) is 5.48. The van der Waals surface area contributed by atoms with E-state index in [1.165, 1.54) is 4.90 Å². The molecular formula is C15H25NO5. The second-order valence-electron chi connectivity index (χ2n) is 7.05. The van der Waals surface area contributed by atoms with Crippen LogP contribution in [0.25, 0.3) is 0 Å². The number of carbonyl (C=O) groups excluding carboxylic acids is 1. The molecule has 1 aliphatic heterocycles. The highest BCUT2D eigenvalue weighted by atomic mass is 16.6. The van der Waals surface area contributed by atoms with Gasteiger partial charge in [0.25, 0.3) is 0 Å². The monoisotopic (exact) mass is 299 g/mol. The van der Waals surface area contributed by atoms with Gasteiger partial charge in [-0.25, -0.2) is 9.59 Å². The van der Waals surface area contributed by atoms with Crippen molar-refractivity contribution >= 4 is 12.1 Å². The summed E-state index contributed by atoms with van der Waals surface area (Å²) in [4.78, 5) is 26.0. The number of carbonyl (C=O) groups is 2. The van der Waals surface area contributed by atoms with Gasteiger partial charge in [-0.2, -0.15) is 0 Å². The minimum Gasteiger partial charge on any atom is -0.479 e. The molecule has 1 saturated heterocycles. The van der Waals surface area contributed by atoms with E-state index >= 15 is 0 Å². The second-order valence-corrected chi connectivity index (χ2v) is 7.05. The number of hydrogen-bond donors (Lipinski definition) is 1. The van der Waals surface area contributed by atoms with Crippen LogP contribution in [0.1, 0.15) is 53.4 Å². The average Bonchev–Trinajstić information content (AvgIpc) is 3.10. The first-order valence-corrected chi connectivity index (χ1v) is 7.53. The number of nitrogens with zero attached hydrogens (tertiary/aromatic N) is 1. The fourth-order valence-electron chi connectivity index (χ4n) is 2.90. The van der Waals surface area contributed by atoms with E-state index < -0.39 is 23.2 Å². The summed E-state index contributed by atoms with van der Waals surface area (Å²) >= 11 is 0. The fraction of sp³-hybridized carbons (Fsp3) is 0.867. The Morgan fingerprint density at radius 3 is 2.38 bits per heavy atom. The van der Waals surface area contributed by atoms with Crippen LogP contribution < -0.4 is 0 Å². The third kappa shape index (κ3) is 3.48. The van der Waals surface area contributed by atoms with Crippen molar-refractivity contribution in [3.63, 3.8) is 0 Å². The highest BCUT2D eigenvalue weighted by Crippen LogP contribution is 2.40. The standard InChI is InChI=1S/C15H25NO5/c1-10-9-15(12(17)18,7-8-20-10)16(11-5-6-11)13(19)21-14(2,3)4/h10-11H,5-9H2,1-4H3,(H,17,18). The van der Waals surface area contributed by atoms with Crippen LogP contribution in [0.3, 0.4) is 0 Å². The summed E-state index contributed by atoms with van der Waals surface area (Å²) in [5, 5.41) is 9.80. The van der Waals surface area contributed by atoms with Crippen LogP contribution in [0.15, 0.2) is 0 Å². The molecule has 1 N–H and O–H groups in total. The topological polar surface area (TPSA) is 76.1 Å². The smallest absolute Gasteiger partial charge is 0.411 e. The van der Waals surface area contributed by atoms with E-state index in [2.05, 4.69) is 0 Å². The minimum atomic E-state index is -1.21. The first-order chi connectivity index (χ1) is 9.66. The molecular weight excluding hydrogens is 274 g/mol. The molecule has 1 heterocycles. The molecule has 1 amide bonds. The van der Waals surface area contributed by atoms with Gasteiger partial charge in [0.05, 0.1) is 6.10 Å². The zero-order chi connectivity index (χ0) is 15.8. The molecule has 0 bridgehead atoms. The Morgan fingerprint density at radius 1 is 1.33 bits per heavy atom. The van der Waals surface area contributed by atoms with Crippen molar-refractivity contribution in [2.45, 2.75) is 76.7 Å². The van der Waals surface area contributed by atoms with Crippen LogP contribution >= 0.6 is 0 Å². The van der Waals surface area contributed by atoms with Crippen molar-refractivity contribution in [3.05, 3.63) is 0 Å². The molecule has 0 aromatic heterocycles. The molecule has 0 spiro atoms. The minimum absolute atomic E-state index is 0.0266. The van der Waals surface area contributed by atoms with Crippen molar-refractivity contribution in [1.82, 2.24) is 4.90 Å². The SMILES string of the molecule is CC1CC(C(=O)O)(N(C(=O)OC(C)(C)C)C2CC2)CCO1. The molecule has 1 aliphatic carbocycles. The Kier molecular flexibility index (Phi) is 4.19. The van der Waals surface area contributed by atoms with Crippen molar-refractivity contribution in [3.8, 4) is 0 Å². The van der Waals surface area contributed by atoms with E-state index in [-0.39, 0.29) is 12.1 Å². The molecule has 2 fully saturated rings. The molecule has 0 aromatic rings. The van der Waals surface area contributed by atoms with Crippen LogP contribution in [0.4, 0.5) is 4.79 Å². The molecule has 6 heteroatoms. The maximum Gasteiger partial charge on any atom is 0.411 e. The van der Waals surface area contributed by atoms with Gasteiger partial charge in [0.1, 0.15) is 11.1 Å². The summed E-state index contributed by atoms with van der Waals surface area (Å²) in [5.74, 6) is -0.963. The van der Waals surface area contributed by atoms with E-state index in [1.807, 2.05) is 6.92 Å². The lowest BCUT2D eigenvalue weighted by atomic mass is 9.85. The van der Waals surface area contributed by atoms with E-state index in [0.717, 1.165) is 12.8 Å². The van der Waals surface area contributed by atoms with Crippen LogP contribution in [0, 0.1) is 0 Å². The number of hydrogen-bond acceptors (Lipinski definition) is 4. The van der Waals surface area contributed by atoms with E-state index in [4.69, 9.17) is 9.47 Å². The normalized spacial score (nSPS) is 29.8. The molecule has 2 atom stereocenters. The molecule has 0 aromatic carbocycles. The average molecular weight is 299 g/mol. The number of rotatable bonds is 3. The predicted octanol–water partition coefficient (Wildman–Crippen LogP) is 2.41. The first-order valence-electron chi connectivity index (χ1n) is 7.53.